The first-order valence-corrected chi connectivity index (χ1v) is 8.28. The molecule has 0 radical (unpaired) electrons. The molecule has 7 heteroatoms. The summed E-state index contributed by atoms with van der Waals surface area (Å²) in [5.74, 6) is -0.800. The lowest BCUT2D eigenvalue weighted by molar-refractivity contribution is -0.111. The lowest BCUT2D eigenvalue weighted by atomic mass is 10.1. The Hall–Kier alpha value is -3.06. The first-order valence-electron chi connectivity index (χ1n) is 7.47. The topological polar surface area (TPSA) is 81.2 Å². The summed E-state index contributed by atoms with van der Waals surface area (Å²) in [6.07, 6.45) is 4.83. The number of benzene rings is 1. The van der Waals surface area contributed by atoms with Crippen molar-refractivity contribution in [3.8, 4) is 0 Å². The van der Waals surface area contributed by atoms with Gasteiger partial charge in [0.05, 0.1) is 18.3 Å². The minimum atomic E-state index is -0.465. The Morgan fingerprint density at radius 1 is 1.24 bits per heavy atom. The molecular weight excluding hydrogens is 338 g/mol. The number of hydrogen-bond donors (Lipinski definition) is 1. The van der Waals surface area contributed by atoms with Gasteiger partial charge in [-0.25, -0.2) is 9.78 Å². The molecule has 0 saturated carbocycles. The van der Waals surface area contributed by atoms with Crippen LogP contribution >= 0.6 is 11.3 Å². The molecule has 1 N–H and O–H groups in total. The number of methoxy groups -OCH3 is 1. The monoisotopic (exact) mass is 353 g/mol. The molecule has 3 aromatic rings. The molecule has 0 saturated heterocycles. The molecule has 3 rings (SSSR count). The van der Waals surface area contributed by atoms with Crippen LogP contribution in [0.5, 0.6) is 0 Å². The lowest BCUT2D eigenvalue weighted by Crippen LogP contribution is -2.07. The molecule has 25 heavy (non-hydrogen) atoms. The van der Waals surface area contributed by atoms with E-state index in [1.54, 1.807) is 19.2 Å². The van der Waals surface area contributed by atoms with Gasteiger partial charge in [-0.05, 0) is 19.1 Å². The van der Waals surface area contributed by atoms with Crippen molar-refractivity contribution in [2.75, 3.05) is 12.4 Å². The second kappa shape index (κ2) is 7.23. The van der Waals surface area contributed by atoms with E-state index < -0.39 is 5.97 Å². The lowest BCUT2D eigenvalue weighted by Gasteiger charge is -2.00. The Bertz CT molecular complexity index is 973. The van der Waals surface area contributed by atoms with Crippen molar-refractivity contribution in [2.45, 2.75) is 6.92 Å². The van der Waals surface area contributed by atoms with Crippen LogP contribution in [-0.4, -0.2) is 29.0 Å². The van der Waals surface area contributed by atoms with Crippen molar-refractivity contribution in [1.29, 1.82) is 0 Å². The van der Waals surface area contributed by atoms with Crippen LogP contribution in [-0.2, 0) is 9.53 Å². The number of nitrogens with zero attached hydrogens (tertiary/aromatic N) is 2. The van der Waals surface area contributed by atoms with Crippen molar-refractivity contribution in [1.82, 2.24) is 9.97 Å². The van der Waals surface area contributed by atoms with E-state index in [4.69, 9.17) is 0 Å². The summed E-state index contributed by atoms with van der Waals surface area (Å²) in [5.41, 5.74) is 2.19. The smallest absolute Gasteiger partial charge is 0.350 e. The van der Waals surface area contributed by atoms with Crippen molar-refractivity contribution in [3.63, 3.8) is 0 Å². The third-order valence-electron chi connectivity index (χ3n) is 3.48. The molecule has 2 aromatic heterocycles. The number of carbonyl (C=O) groups excluding carboxylic acids is 2. The average Bonchev–Trinajstić information content (AvgIpc) is 2.99. The summed E-state index contributed by atoms with van der Waals surface area (Å²) < 4.78 is 4.68. The number of carbonyl (C=O) groups is 2. The normalized spacial score (nSPS) is 11.0. The zero-order valence-corrected chi connectivity index (χ0v) is 14.5. The maximum Gasteiger partial charge on any atom is 0.350 e. The summed E-state index contributed by atoms with van der Waals surface area (Å²) in [4.78, 5) is 32.6. The summed E-state index contributed by atoms with van der Waals surface area (Å²) in [7, 11) is 1.31. The van der Waals surface area contributed by atoms with Crippen molar-refractivity contribution in [3.05, 3.63) is 58.7 Å². The number of thiazole rings is 1. The minimum absolute atomic E-state index is 0.335. The van der Waals surface area contributed by atoms with Crippen LogP contribution in [0.1, 0.15) is 20.9 Å². The van der Waals surface area contributed by atoms with Gasteiger partial charge in [0.15, 0.2) is 5.13 Å². The van der Waals surface area contributed by atoms with Gasteiger partial charge in [-0.2, -0.15) is 0 Å². The Morgan fingerprint density at radius 2 is 2.04 bits per heavy atom. The molecule has 2 heterocycles. The van der Waals surface area contributed by atoms with Gasteiger partial charge in [0.1, 0.15) is 4.88 Å². The van der Waals surface area contributed by atoms with E-state index in [2.05, 4.69) is 20.0 Å². The molecule has 0 aliphatic heterocycles. The Labute approximate surface area is 148 Å². The zero-order valence-electron chi connectivity index (χ0n) is 13.6. The van der Waals surface area contributed by atoms with Gasteiger partial charge >= 0.3 is 5.97 Å². The van der Waals surface area contributed by atoms with E-state index in [1.807, 2.05) is 30.3 Å². The van der Waals surface area contributed by atoms with E-state index in [9.17, 15) is 9.59 Å². The highest BCUT2D eigenvalue weighted by atomic mass is 32.1. The first kappa shape index (κ1) is 16.8. The number of esters is 1. The van der Waals surface area contributed by atoms with Crippen LogP contribution < -0.4 is 5.32 Å². The number of amides is 1. The highest BCUT2D eigenvalue weighted by molar-refractivity contribution is 7.17. The number of para-hydroxylation sites is 1. The summed E-state index contributed by atoms with van der Waals surface area (Å²) >= 11 is 1.08. The fraction of sp³-hybridized carbons (Fsp3) is 0.111. The highest BCUT2D eigenvalue weighted by Crippen LogP contribution is 2.23. The fourth-order valence-electron chi connectivity index (χ4n) is 2.31. The zero-order chi connectivity index (χ0) is 17.8. The molecule has 0 unspecified atom stereocenters. The third-order valence-corrected chi connectivity index (χ3v) is 4.53. The second-order valence-corrected chi connectivity index (χ2v) is 6.17. The number of anilines is 1. The fourth-order valence-corrected chi connectivity index (χ4v) is 3.19. The van der Waals surface area contributed by atoms with Crippen LogP contribution in [0.2, 0.25) is 0 Å². The molecule has 0 bridgehead atoms. The maximum absolute atomic E-state index is 12.1. The molecular formula is C18H15N3O3S. The number of rotatable bonds is 4. The summed E-state index contributed by atoms with van der Waals surface area (Å²) in [5, 5.41) is 4.01. The number of hydrogen-bond acceptors (Lipinski definition) is 6. The average molecular weight is 353 g/mol. The standard InChI is InChI=1S/C18H15N3O3S/c1-11-16(17(23)24-2)25-18(20-11)21-14(22)9-8-13-6-3-5-12-7-4-10-19-15(12)13/h3-10H,1-2H3,(H,20,21,22)/b9-8+. The number of nitrogens with one attached hydrogen (secondary N) is 1. The van der Waals surface area contributed by atoms with Crippen molar-refractivity contribution < 1.29 is 14.3 Å². The molecule has 126 valence electrons. The molecule has 1 aromatic carbocycles. The van der Waals surface area contributed by atoms with Crippen LogP contribution in [0.15, 0.2) is 42.6 Å². The van der Waals surface area contributed by atoms with Crippen LogP contribution in [0, 0.1) is 6.92 Å². The molecule has 1 amide bonds. The maximum atomic E-state index is 12.1. The predicted octanol–water partition coefficient (Wildman–Crippen LogP) is 3.44. The second-order valence-electron chi connectivity index (χ2n) is 5.17. The molecule has 0 fully saturated rings. The van der Waals surface area contributed by atoms with Crippen LogP contribution in [0.3, 0.4) is 0 Å². The molecule has 0 aliphatic carbocycles. The van der Waals surface area contributed by atoms with Gasteiger partial charge in [-0.1, -0.05) is 35.6 Å². The number of fused-ring (bicyclic) bond motifs is 1. The van der Waals surface area contributed by atoms with Gasteiger partial charge in [0.25, 0.3) is 0 Å². The molecule has 6 nitrogen and oxygen atoms in total. The Morgan fingerprint density at radius 3 is 2.84 bits per heavy atom. The van der Waals surface area contributed by atoms with Gasteiger partial charge < -0.3 is 4.74 Å². The van der Waals surface area contributed by atoms with E-state index >= 15 is 0 Å². The Balaban J connectivity index is 1.76. The number of ether oxygens (including phenoxy) is 1. The summed E-state index contributed by atoms with van der Waals surface area (Å²) in [6, 6.07) is 9.60. The predicted molar refractivity (Wildman–Crippen MR) is 97.6 cm³/mol. The van der Waals surface area contributed by atoms with Gasteiger partial charge in [0, 0.05) is 23.2 Å². The SMILES string of the molecule is COC(=O)c1sc(NC(=O)/C=C/c2cccc3cccnc23)nc1C. The quantitative estimate of drug-likeness (QED) is 0.574. The number of pyridine rings is 1. The molecule has 0 spiro atoms. The van der Waals surface area contributed by atoms with Crippen molar-refractivity contribution in [2.24, 2.45) is 0 Å². The summed E-state index contributed by atoms with van der Waals surface area (Å²) in [6.45, 7) is 1.69. The van der Waals surface area contributed by atoms with Crippen LogP contribution in [0.4, 0.5) is 5.13 Å². The van der Waals surface area contributed by atoms with Gasteiger partial charge in [-0.15, -0.1) is 0 Å². The largest absolute Gasteiger partial charge is 0.465 e. The van der Waals surface area contributed by atoms with Crippen LogP contribution in [0.25, 0.3) is 17.0 Å². The number of aromatic nitrogens is 2. The van der Waals surface area contributed by atoms with E-state index in [0.29, 0.717) is 15.7 Å². The van der Waals surface area contributed by atoms with E-state index in [-0.39, 0.29) is 5.91 Å². The minimum Gasteiger partial charge on any atom is -0.465 e. The first-order chi connectivity index (χ1) is 12.1. The number of aryl methyl sites for hydroxylation is 1. The van der Waals surface area contributed by atoms with Gasteiger partial charge in [-0.3, -0.25) is 15.1 Å². The highest BCUT2D eigenvalue weighted by Gasteiger charge is 2.16. The molecule has 0 aliphatic rings. The van der Waals surface area contributed by atoms with Gasteiger partial charge in [0.2, 0.25) is 5.91 Å². The third kappa shape index (κ3) is 3.72. The molecule has 0 atom stereocenters. The van der Waals surface area contributed by atoms with E-state index in [0.717, 1.165) is 27.8 Å². The van der Waals surface area contributed by atoms with Crippen molar-refractivity contribution >= 4 is 45.3 Å². The Kier molecular flexibility index (Phi) is 4.85. The van der Waals surface area contributed by atoms with E-state index in [1.165, 1.54) is 13.2 Å².